The van der Waals surface area contributed by atoms with Gasteiger partial charge in [-0.05, 0) is 122 Å². The molecule has 0 fully saturated rings. The average molecular weight is 923 g/mol. The van der Waals surface area contributed by atoms with E-state index < -0.39 is 0 Å². The molecule has 2 aromatic heterocycles. The quantitative estimate of drug-likeness (QED) is 0.131. The Labute approximate surface area is 417 Å². The molecule has 8 aromatic rings. The summed E-state index contributed by atoms with van der Waals surface area (Å²) < 4.78 is 3.75. The zero-order valence-electron chi connectivity index (χ0n) is 43.0. The number of para-hydroxylation sites is 2. The molecule has 0 saturated carbocycles. The minimum Gasteiger partial charge on any atom is -0.314 e. The number of aromatic nitrogens is 1. The highest BCUT2D eigenvalue weighted by Gasteiger charge is 2.21. The third-order valence-corrected chi connectivity index (χ3v) is 12.1. The molecule has 1 aliphatic carbocycles. The van der Waals surface area contributed by atoms with Crippen molar-refractivity contribution in [2.24, 2.45) is 0 Å². The van der Waals surface area contributed by atoms with Crippen LogP contribution in [0.25, 0.3) is 60.4 Å². The molecule has 3 heteroatoms. The third-order valence-electron chi connectivity index (χ3n) is 10.7. The maximum absolute atomic E-state index is 3.46. The summed E-state index contributed by atoms with van der Waals surface area (Å²) in [4.78, 5) is 3.91. The first kappa shape index (κ1) is 57.7. The van der Waals surface area contributed by atoms with Crippen LogP contribution in [0.2, 0.25) is 0 Å². The fourth-order valence-corrected chi connectivity index (χ4v) is 9.17. The van der Waals surface area contributed by atoms with Crippen LogP contribution in [-0.2, 0) is 6.42 Å². The fourth-order valence-electron chi connectivity index (χ4n) is 8.06. The number of thiophene rings is 1. The Balaban J connectivity index is 0.000000895. The van der Waals surface area contributed by atoms with E-state index in [-0.39, 0.29) is 7.43 Å². The Kier molecular flexibility index (Phi) is 26.8. The van der Waals surface area contributed by atoms with Crippen molar-refractivity contribution < 1.29 is 0 Å². The van der Waals surface area contributed by atoms with E-state index in [0.717, 1.165) is 19.3 Å². The van der Waals surface area contributed by atoms with E-state index in [9.17, 15) is 0 Å². The van der Waals surface area contributed by atoms with Crippen molar-refractivity contribution in [2.45, 2.75) is 117 Å². The highest BCUT2D eigenvalue weighted by atomic mass is 32.1. The summed E-state index contributed by atoms with van der Waals surface area (Å²) in [5, 5.41) is 3.90. The van der Waals surface area contributed by atoms with E-state index in [1.807, 2.05) is 99.6 Å². The van der Waals surface area contributed by atoms with Crippen LogP contribution >= 0.6 is 11.3 Å². The Morgan fingerprint density at radius 2 is 1.12 bits per heavy atom. The summed E-state index contributed by atoms with van der Waals surface area (Å²) in [6.45, 7) is 29.8. The van der Waals surface area contributed by atoms with Crippen LogP contribution in [0, 0.1) is 0 Å². The third kappa shape index (κ3) is 13.8. The lowest BCUT2D eigenvalue weighted by Gasteiger charge is -2.30. The van der Waals surface area contributed by atoms with Gasteiger partial charge in [0.25, 0.3) is 0 Å². The van der Waals surface area contributed by atoms with Crippen LogP contribution in [0.5, 0.6) is 0 Å². The second kappa shape index (κ2) is 31.5. The van der Waals surface area contributed by atoms with Crippen LogP contribution in [0.15, 0.2) is 194 Å². The Hall–Kier alpha value is -6.42. The van der Waals surface area contributed by atoms with Crippen molar-refractivity contribution in [3.05, 3.63) is 210 Å². The average Bonchev–Trinajstić information content (AvgIpc) is 3.95. The molecule has 0 aliphatic heterocycles. The number of aryl methyl sites for hydroxylation is 1. The molecule has 0 amide bonds. The Bertz CT molecular complexity index is 2750. The molecular weight excluding hydrogens is 841 g/mol. The first-order chi connectivity index (χ1) is 33.1. The topological polar surface area (TPSA) is 8.17 Å². The lowest BCUT2D eigenvalue weighted by molar-refractivity contribution is 0.930. The van der Waals surface area contributed by atoms with Gasteiger partial charge in [-0.3, -0.25) is 0 Å². The van der Waals surface area contributed by atoms with Crippen molar-refractivity contribution in [2.75, 3.05) is 4.90 Å². The van der Waals surface area contributed by atoms with Crippen LogP contribution < -0.4 is 4.90 Å². The molecule has 0 atom stereocenters. The SMILES string of the molecule is C.C/C=C\c1c(CC)sc2ccc(N(C3=CC=C(c4cccc(-n5c6ccccc6c6ccccc65)c4)CC3)c3ccc(-c4ccccc4)cc3)cc12.C=C/C=C\C.CC.CC.CC.CC.CC. The largest absolute Gasteiger partial charge is 0.314 e. The number of allylic oxidation sites excluding steroid dienone is 8. The summed E-state index contributed by atoms with van der Waals surface area (Å²) >= 11 is 1.92. The smallest absolute Gasteiger partial charge is 0.0541 e. The molecule has 2 nitrogen and oxygen atoms in total. The number of hydrogen-bond acceptors (Lipinski definition) is 2. The molecule has 0 N–H and O–H groups in total. The predicted molar refractivity (Wildman–Crippen MR) is 314 cm³/mol. The summed E-state index contributed by atoms with van der Waals surface area (Å²) in [5.74, 6) is 0. The standard InChI is InChI=1S/C49H40N2S.C5H8.5C2H6.CH4/c1-3-13-44-45-33-41(30-31-49(45)52-48(44)4-2)50(38-26-22-35(23-27-38)34-14-6-5-7-15-34)39-28-24-36(25-29-39)37-16-12-17-40(32-37)51-46-20-10-8-18-42(46)43-19-9-11-21-47(43)51;1-3-5-4-2;5*1-2;/h3,5-24,26-28,30-33H,4,25,29H2,1-2H3;3-5H,1H2,2H3;5*1-2H3;1H4/b13-3-;5-4-;;;;;;. The summed E-state index contributed by atoms with van der Waals surface area (Å²) in [6.07, 6.45) is 17.7. The van der Waals surface area contributed by atoms with Gasteiger partial charge in [-0.25, -0.2) is 0 Å². The number of anilines is 2. The zero-order chi connectivity index (χ0) is 49.1. The molecule has 2 heterocycles. The molecule has 68 heavy (non-hydrogen) atoms. The Morgan fingerprint density at radius 3 is 1.65 bits per heavy atom. The molecule has 0 unspecified atom stereocenters. The lowest BCUT2D eigenvalue weighted by atomic mass is 9.94. The van der Waals surface area contributed by atoms with Crippen LogP contribution in [0.3, 0.4) is 0 Å². The molecular formula is C65H82N2S. The van der Waals surface area contributed by atoms with E-state index in [1.165, 1.54) is 87.4 Å². The van der Waals surface area contributed by atoms with Gasteiger partial charge in [0.15, 0.2) is 0 Å². The predicted octanol–water partition coefficient (Wildman–Crippen LogP) is 21.7. The van der Waals surface area contributed by atoms with Gasteiger partial charge in [0.05, 0.1) is 11.0 Å². The normalized spacial score (nSPS) is 11.2. The molecule has 6 aromatic carbocycles. The van der Waals surface area contributed by atoms with Gasteiger partial charge >= 0.3 is 0 Å². The van der Waals surface area contributed by atoms with Gasteiger partial charge in [0, 0.05) is 48.5 Å². The second-order valence-electron chi connectivity index (χ2n) is 14.3. The van der Waals surface area contributed by atoms with Crippen LogP contribution in [-0.4, -0.2) is 4.57 Å². The van der Waals surface area contributed by atoms with Crippen molar-refractivity contribution in [1.29, 1.82) is 0 Å². The first-order valence-corrected chi connectivity index (χ1v) is 25.8. The number of hydrogen-bond donors (Lipinski definition) is 0. The van der Waals surface area contributed by atoms with Crippen molar-refractivity contribution in [3.8, 4) is 16.8 Å². The minimum atomic E-state index is 0. The van der Waals surface area contributed by atoms with E-state index in [2.05, 4.69) is 200 Å². The van der Waals surface area contributed by atoms with Gasteiger partial charge in [-0.2, -0.15) is 0 Å². The van der Waals surface area contributed by atoms with Crippen molar-refractivity contribution in [1.82, 2.24) is 4.57 Å². The Morgan fingerprint density at radius 1 is 0.559 bits per heavy atom. The van der Waals surface area contributed by atoms with Gasteiger partial charge in [-0.1, -0.05) is 218 Å². The number of nitrogens with zero attached hydrogens (tertiary/aromatic N) is 2. The van der Waals surface area contributed by atoms with Gasteiger partial charge in [-0.15, -0.1) is 11.3 Å². The maximum Gasteiger partial charge on any atom is 0.0541 e. The lowest BCUT2D eigenvalue weighted by Crippen LogP contribution is -2.17. The van der Waals surface area contributed by atoms with E-state index >= 15 is 0 Å². The van der Waals surface area contributed by atoms with Crippen molar-refractivity contribution in [3.63, 3.8) is 0 Å². The fraction of sp³-hybridized carbons (Fsp3) is 0.262. The first-order valence-electron chi connectivity index (χ1n) is 25.0. The van der Waals surface area contributed by atoms with Crippen LogP contribution in [0.4, 0.5) is 11.4 Å². The second-order valence-corrected chi connectivity index (χ2v) is 15.4. The summed E-state index contributed by atoms with van der Waals surface area (Å²) in [7, 11) is 0. The highest BCUT2D eigenvalue weighted by molar-refractivity contribution is 7.19. The number of rotatable bonds is 9. The van der Waals surface area contributed by atoms with E-state index in [4.69, 9.17) is 0 Å². The maximum atomic E-state index is 3.46. The minimum absolute atomic E-state index is 0. The van der Waals surface area contributed by atoms with Crippen LogP contribution in [0.1, 0.15) is 126 Å². The molecule has 0 spiro atoms. The van der Waals surface area contributed by atoms with Gasteiger partial charge < -0.3 is 9.47 Å². The molecule has 0 saturated heterocycles. The molecule has 0 radical (unpaired) electrons. The molecule has 358 valence electrons. The number of benzene rings is 6. The van der Waals surface area contributed by atoms with Gasteiger partial charge in [0.1, 0.15) is 0 Å². The van der Waals surface area contributed by atoms with E-state index in [0.29, 0.717) is 0 Å². The zero-order valence-corrected chi connectivity index (χ0v) is 43.8. The summed E-state index contributed by atoms with van der Waals surface area (Å²) in [5.41, 5.74) is 13.8. The number of fused-ring (bicyclic) bond motifs is 4. The van der Waals surface area contributed by atoms with Crippen molar-refractivity contribution >= 4 is 66.3 Å². The summed E-state index contributed by atoms with van der Waals surface area (Å²) in [6, 6.07) is 53.3. The van der Waals surface area contributed by atoms with E-state index in [1.54, 1.807) is 6.08 Å². The molecule has 9 rings (SSSR count). The van der Waals surface area contributed by atoms with Gasteiger partial charge in [0.2, 0.25) is 0 Å². The highest BCUT2D eigenvalue weighted by Crippen LogP contribution is 2.41. The molecule has 1 aliphatic rings. The monoisotopic (exact) mass is 923 g/mol. The molecule has 0 bridgehead atoms.